The quantitative estimate of drug-likeness (QED) is 0.764. The van der Waals surface area contributed by atoms with Crippen LogP contribution in [-0.4, -0.2) is 11.7 Å². The van der Waals surface area contributed by atoms with Crippen molar-refractivity contribution < 1.29 is 5.11 Å². The maximum Gasteiger partial charge on any atom is 0.0503 e. The van der Waals surface area contributed by atoms with E-state index in [9.17, 15) is 0 Å². The van der Waals surface area contributed by atoms with Crippen molar-refractivity contribution in [3.63, 3.8) is 0 Å². The van der Waals surface area contributed by atoms with Crippen molar-refractivity contribution in [2.24, 2.45) is 5.92 Å². The Hall–Kier alpha value is -1.52. The molecular weight excluding hydrogens is 196 g/mol. The fourth-order valence-electron chi connectivity index (χ4n) is 1.26. The van der Waals surface area contributed by atoms with E-state index in [1.807, 2.05) is 25.1 Å². The van der Waals surface area contributed by atoms with E-state index in [1.165, 1.54) is 5.56 Å². The number of hydrogen-bond acceptors (Lipinski definition) is 1. The molecule has 0 amide bonds. The Morgan fingerprint density at radius 1 is 1.38 bits per heavy atom. The molecule has 1 unspecified atom stereocenters. The molecule has 16 heavy (non-hydrogen) atoms. The van der Waals surface area contributed by atoms with Gasteiger partial charge in [0.2, 0.25) is 0 Å². The van der Waals surface area contributed by atoms with Gasteiger partial charge >= 0.3 is 0 Å². The largest absolute Gasteiger partial charge is 0.396 e. The molecule has 0 aliphatic carbocycles. The molecule has 0 aliphatic rings. The Labute approximate surface area is 97.8 Å². The SMILES string of the molecule is C=C(C#CCCc1ccccc1)C(C)CO. The summed E-state index contributed by atoms with van der Waals surface area (Å²) in [6.45, 7) is 5.88. The van der Waals surface area contributed by atoms with Gasteiger partial charge in [0.25, 0.3) is 0 Å². The normalized spacial score (nSPS) is 11.4. The fraction of sp³-hybridized carbons (Fsp3) is 0.333. The summed E-state index contributed by atoms with van der Waals surface area (Å²) in [4.78, 5) is 0. The molecule has 1 N–H and O–H groups in total. The smallest absolute Gasteiger partial charge is 0.0503 e. The van der Waals surface area contributed by atoms with Crippen molar-refractivity contribution >= 4 is 0 Å². The van der Waals surface area contributed by atoms with Crippen molar-refractivity contribution in [1.82, 2.24) is 0 Å². The zero-order valence-electron chi connectivity index (χ0n) is 9.74. The maximum absolute atomic E-state index is 8.91. The summed E-state index contributed by atoms with van der Waals surface area (Å²) in [6.07, 6.45) is 1.80. The van der Waals surface area contributed by atoms with Crippen LogP contribution < -0.4 is 0 Å². The summed E-state index contributed by atoms with van der Waals surface area (Å²) >= 11 is 0. The lowest BCUT2D eigenvalue weighted by atomic mass is 10.0. The van der Waals surface area contributed by atoms with Crippen LogP contribution in [0.1, 0.15) is 18.9 Å². The molecule has 0 heterocycles. The standard InChI is InChI=1S/C15H18O/c1-13(14(2)12-16)8-6-7-11-15-9-4-3-5-10-15/h3-5,9-10,14,16H,1,7,11-12H2,2H3. The zero-order chi connectivity index (χ0) is 11.8. The molecule has 0 fully saturated rings. The van der Waals surface area contributed by atoms with Crippen LogP contribution in [0.2, 0.25) is 0 Å². The van der Waals surface area contributed by atoms with Gasteiger partial charge in [0, 0.05) is 12.3 Å². The van der Waals surface area contributed by atoms with Gasteiger partial charge < -0.3 is 5.11 Å². The van der Waals surface area contributed by atoms with Crippen molar-refractivity contribution in [2.75, 3.05) is 6.61 Å². The first-order valence-corrected chi connectivity index (χ1v) is 5.56. The molecule has 84 valence electrons. The lowest BCUT2D eigenvalue weighted by Gasteiger charge is -2.03. The highest BCUT2D eigenvalue weighted by Gasteiger charge is 2.00. The van der Waals surface area contributed by atoms with Crippen molar-refractivity contribution in [1.29, 1.82) is 0 Å². The van der Waals surface area contributed by atoms with E-state index < -0.39 is 0 Å². The lowest BCUT2D eigenvalue weighted by molar-refractivity contribution is 0.258. The van der Waals surface area contributed by atoms with E-state index in [-0.39, 0.29) is 12.5 Å². The molecule has 1 heteroatoms. The average Bonchev–Trinajstić information content (AvgIpc) is 2.34. The summed E-state index contributed by atoms with van der Waals surface area (Å²) in [5.74, 6) is 6.16. The van der Waals surface area contributed by atoms with Crippen LogP contribution in [-0.2, 0) is 6.42 Å². The predicted molar refractivity (Wildman–Crippen MR) is 67.9 cm³/mol. The molecule has 1 nitrogen and oxygen atoms in total. The Bertz CT molecular complexity index is 381. The summed E-state index contributed by atoms with van der Waals surface area (Å²) in [5, 5.41) is 8.91. The first kappa shape index (κ1) is 12.5. The first-order valence-electron chi connectivity index (χ1n) is 5.56. The predicted octanol–water partition coefficient (Wildman–Crippen LogP) is 2.81. The summed E-state index contributed by atoms with van der Waals surface area (Å²) in [6, 6.07) is 10.3. The highest BCUT2D eigenvalue weighted by atomic mass is 16.3. The Morgan fingerprint density at radius 2 is 2.06 bits per heavy atom. The molecule has 0 aliphatic heterocycles. The molecule has 0 saturated carbocycles. The monoisotopic (exact) mass is 214 g/mol. The van der Waals surface area contributed by atoms with Gasteiger partial charge in [-0.3, -0.25) is 0 Å². The second-order valence-corrected chi connectivity index (χ2v) is 3.90. The van der Waals surface area contributed by atoms with Gasteiger partial charge in [-0.05, 0) is 17.6 Å². The van der Waals surface area contributed by atoms with Crippen LogP contribution in [0.5, 0.6) is 0 Å². The van der Waals surface area contributed by atoms with Gasteiger partial charge in [-0.1, -0.05) is 55.7 Å². The van der Waals surface area contributed by atoms with Crippen LogP contribution in [0.15, 0.2) is 42.5 Å². The number of aryl methyl sites for hydroxylation is 1. The molecular formula is C15H18O. The Kier molecular flexibility index (Phi) is 5.39. The third-order valence-corrected chi connectivity index (χ3v) is 2.50. The minimum absolute atomic E-state index is 0.0734. The zero-order valence-corrected chi connectivity index (χ0v) is 9.74. The summed E-state index contributed by atoms with van der Waals surface area (Å²) < 4.78 is 0. The van der Waals surface area contributed by atoms with Gasteiger partial charge in [-0.2, -0.15) is 0 Å². The van der Waals surface area contributed by atoms with Gasteiger partial charge in [0.15, 0.2) is 0 Å². The van der Waals surface area contributed by atoms with Gasteiger partial charge in [-0.25, -0.2) is 0 Å². The van der Waals surface area contributed by atoms with E-state index >= 15 is 0 Å². The number of benzene rings is 1. The number of aliphatic hydroxyl groups excluding tert-OH is 1. The lowest BCUT2D eigenvalue weighted by Crippen LogP contribution is -2.01. The third kappa shape index (κ3) is 4.33. The molecule has 0 spiro atoms. The molecule has 0 bridgehead atoms. The summed E-state index contributed by atoms with van der Waals surface area (Å²) in [7, 11) is 0. The topological polar surface area (TPSA) is 20.2 Å². The van der Waals surface area contributed by atoms with Crippen molar-refractivity contribution in [2.45, 2.75) is 19.8 Å². The molecule has 1 aromatic carbocycles. The van der Waals surface area contributed by atoms with Crippen LogP contribution in [0.3, 0.4) is 0 Å². The van der Waals surface area contributed by atoms with E-state index in [4.69, 9.17) is 5.11 Å². The van der Waals surface area contributed by atoms with Crippen molar-refractivity contribution in [3.8, 4) is 11.8 Å². The molecule has 1 aromatic rings. The number of rotatable bonds is 4. The highest BCUT2D eigenvalue weighted by molar-refractivity contribution is 5.28. The molecule has 0 radical (unpaired) electrons. The van der Waals surface area contributed by atoms with Crippen molar-refractivity contribution in [3.05, 3.63) is 48.0 Å². The van der Waals surface area contributed by atoms with E-state index in [2.05, 4.69) is 30.6 Å². The first-order chi connectivity index (χ1) is 7.74. The Morgan fingerprint density at radius 3 is 2.69 bits per heavy atom. The van der Waals surface area contributed by atoms with Crippen LogP contribution in [0.4, 0.5) is 0 Å². The van der Waals surface area contributed by atoms with Crippen LogP contribution in [0, 0.1) is 17.8 Å². The molecule has 1 atom stereocenters. The Balaban J connectivity index is 2.36. The number of hydrogen-bond donors (Lipinski definition) is 1. The minimum Gasteiger partial charge on any atom is -0.396 e. The third-order valence-electron chi connectivity index (χ3n) is 2.50. The second kappa shape index (κ2) is 6.87. The molecule has 0 saturated heterocycles. The van der Waals surface area contributed by atoms with E-state index in [0.717, 1.165) is 18.4 Å². The summed E-state index contributed by atoms with van der Waals surface area (Å²) in [5.41, 5.74) is 2.12. The average molecular weight is 214 g/mol. The fourth-order valence-corrected chi connectivity index (χ4v) is 1.26. The van der Waals surface area contributed by atoms with Gasteiger partial charge in [-0.15, -0.1) is 0 Å². The van der Waals surface area contributed by atoms with E-state index in [0.29, 0.717) is 0 Å². The minimum atomic E-state index is 0.0734. The van der Waals surface area contributed by atoms with Gasteiger partial charge in [0.1, 0.15) is 0 Å². The molecule has 0 aromatic heterocycles. The van der Waals surface area contributed by atoms with Crippen LogP contribution >= 0.6 is 0 Å². The second-order valence-electron chi connectivity index (χ2n) is 3.90. The highest BCUT2D eigenvalue weighted by Crippen LogP contribution is 2.05. The van der Waals surface area contributed by atoms with E-state index in [1.54, 1.807) is 0 Å². The van der Waals surface area contributed by atoms with Crippen LogP contribution in [0.25, 0.3) is 0 Å². The van der Waals surface area contributed by atoms with Gasteiger partial charge in [0.05, 0.1) is 6.61 Å². The number of aliphatic hydroxyl groups is 1. The maximum atomic E-state index is 8.91. The molecule has 1 rings (SSSR count).